The molecule has 0 heterocycles. The lowest BCUT2D eigenvalue weighted by Crippen LogP contribution is -2.39. The molecule has 0 radical (unpaired) electrons. The van der Waals surface area contributed by atoms with Gasteiger partial charge in [0.05, 0.1) is 0 Å². The fraction of sp³-hybridized carbons (Fsp3) is 0.684. The van der Waals surface area contributed by atoms with Crippen LogP contribution in [0.2, 0.25) is 0 Å². The van der Waals surface area contributed by atoms with Crippen molar-refractivity contribution in [3.8, 4) is 0 Å². The molecule has 0 aliphatic heterocycles. The van der Waals surface area contributed by atoms with Crippen LogP contribution in [0.15, 0.2) is 24.3 Å². The molecule has 2 nitrogen and oxygen atoms in total. The van der Waals surface area contributed by atoms with E-state index in [-0.39, 0.29) is 5.41 Å². The Morgan fingerprint density at radius 1 is 1.00 bits per heavy atom. The lowest BCUT2D eigenvalue weighted by atomic mass is 9.74. The second-order valence-electron chi connectivity index (χ2n) is 7.14. The number of benzene rings is 1. The molecule has 1 fully saturated rings. The first-order valence-electron chi connectivity index (χ1n) is 8.50. The summed E-state index contributed by atoms with van der Waals surface area (Å²) in [7, 11) is 0. The molecule has 1 atom stereocenters. The van der Waals surface area contributed by atoms with E-state index in [0.29, 0.717) is 18.6 Å². The van der Waals surface area contributed by atoms with Gasteiger partial charge < -0.3 is 10.4 Å². The summed E-state index contributed by atoms with van der Waals surface area (Å²) in [4.78, 5) is 0. The summed E-state index contributed by atoms with van der Waals surface area (Å²) in [5, 5.41) is 13.4. The van der Waals surface area contributed by atoms with Crippen molar-refractivity contribution >= 4 is 0 Å². The van der Waals surface area contributed by atoms with Gasteiger partial charge in [0.2, 0.25) is 0 Å². The number of hydrogen-bond donors (Lipinski definition) is 2. The van der Waals surface area contributed by atoms with Gasteiger partial charge >= 0.3 is 0 Å². The molecule has 1 aromatic rings. The van der Waals surface area contributed by atoms with Gasteiger partial charge in [-0.3, -0.25) is 0 Å². The third-order valence-corrected chi connectivity index (χ3v) is 5.14. The molecular formula is C19H31NO. The maximum atomic E-state index is 9.78. The van der Waals surface area contributed by atoms with Crippen molar-refractivity contribution in [2.75, 3.05) is 13.2 Å². The van der Waals surface area contributed by atoms with E-state index >= 15 is 0 Å². The molecule has 2 heteroatoms. The summed E-state index contributed by atoms with van der Waals surface area (Å²) < 4.78 is 0. The zero-order valence-corrected chi connectivity index (χ0v) is 13.9. The average molecular weight is 289 g/mol. The van der Waals surface area contributed by atoms with E-state index < -0.39 is 0 Å². The van der Waals surface area contributed by atoms with Gasteiger partial charge in [0.1, 0.15) is 0 Å². The van der Waals surface area contributed by atoms with E-state index in [9.17, 15) is 5.11 Å². The fourth-order valence-electron chi connectivity index (χ4n) is 3.35. The average Bonchev–Trinajstić information content (AvgIpc) is 2.53. The zero-order chi connectivity index (χ0) is 15.3. The van der Waals surface area contributed by atoms with Crippen LogP contribution < -0.4 is 5.32 Å². The Labute approximate surface area is 130 Å². The van der Waals surface area contributed by atoms with Crippen LogP contribution in [0.25, 0.3) is 0 Å². The highest BCUT2D eigenvalue weighted by Crippen LogP contribution is 2.35. The smallest absolute Gasteiger partial charge is 0.0499 e. The van der Waals surface area contributed by atoms with E-state index in [1.54, 1.807) is 0 Å². The normalized spacial score (nSPS) is 19.7. The molecule has 0 amide bonds. The van der Waals surface area contributed by atoms with Gasteiger partial charge in [0, 0.05) is 24.6 Å². The Hall–Kier alpha value is -0.860. The Kier molecular flexibility index (Phi) is 5.83. The Bertz CT molecular complexity index is 418. The van der Waals surface area contributed by atoms with Gasteiger partial charge in [0.25, 0.3) is 0 Å². The summed E-state index contributed by atoms with van der Waals surface area (Å²) in [5.41, 5.74) is 2.85. The minimum absolute atomic E-state index is 0.115. The van der Waals surface area contributed by atoms with Gasteiger partial charge in [-0.1, -0.05) is 57.4 Å². The monoisotopic (exact) mass is 289 g/mol. The SMILES string of the molecule is CC(C)c1ccc(C(C)NCC2(CO)CCCCC2)cc1. The molecule has 1 unspecified atom stereocenters. The molecule has 0 bridgehead atoms. The van der Waals surface area contributed by atoms with Crippen molar-refractivity contribution in [3.05, 3.63) is 35.4 Å². The maximum Gasteiger partial charge on any atom is 0.0499 e. The van der Waals surface area contributed by atoms with Crippen LogP contribution in [0.1, 0.15) is 76.0 Å². The van der Waals surface area contributed by atoms with Crippen molar-refractivity contribution in [3.63, 3.8) is 0 Å². The molecule has 0 saturated heterocycles. The minimum Gasteiger partial charge on any atom is -0.396 e. The summed E-state index contributed by atoms with van der Waals surface area (Å²) in [6.07, 6.45) is 6.18. The standard InChI is InChI=1S/C19H31NO/c1-15(2)17-7-9-18(10-8-17)16(3)20-13-19(14-21)11-5-4-6-12-19/h7-10,15-16,20-21H,4-6,11-14H2,1-3H3. The number of aliphatic hydroxyl groups excluding tert-OH is 1. The van der Waals surface area contributed by atoms with Gasteiger partial charge in [0.15, 0.2) is 0 Å². The quantitative estimate of drug-likeness (QED) is 0.813. The van der Waals surface area contributed by atoms with E-state index in [0.717, 1.165) is 19.4 Å². The van der Waals surface area contributed by atoms with Gasteiger partial charge in [-0.15, -0.1) is 0 Å². The van der Waals surface area contributed by atoms with Crippen LogP contribution in [-0.2, 0) is 0 Å². The van der Waals surface area contributed by atoms with E-state index in [2.05, 4.69) is 50.4 Å². The minimum atomic E-state index is 0.115. The molecule has 1 aliphatic carbocycles. The second kappa shape index (κ2) is 7.42. The Morgan fingerprint density at radius 3 is 2.10 bits per heavy atom. The predicted molar refractivity (Wildman–Crippen MR) is 89.6 cm³/mol. The molecule has 1 aromatic carbocycles. The number of aliphatic hydroxyl groups is 1. The first-order valence-corrected chi connectivity index (χ1v) is 8.50. The maximum absolute atomic E-state index is 9.78. The number of rotatable bonds is 6. The predicted octanol–water partition coefficient (Wildman–Crippen LogP) is 4.40. The third kappa shape index (κ3) is 4.31. The Morgan fingerprint density at radius 2 is 1.57 bits per heavy atom. The van der Waals surface area contributed by atoms with E-state index in [4.69, 9.17) is 0 Å². The number of hydrogen-bond acceptors (Lipinski definition) is 2. The highest BCUT2D eigenvalue weighted by Gasteiger charge is 2.31. The van der Waals surface area contributed by atoms with E-state index in [1.165, 1.54) is 30.4 Å². The highest BCUT2D eigenvalue weighted by atomic mass is 16.3. The summed E-state index contributed by atoms with van der Waals surface area (Å²) >= 11 is 0. The molecule has 0 aromatic heterocycles. The summed E-state index contributed by atoms with van der Waals surface area (Å²) in [6.45, 7) is 7.92. The van der Waals surface area contributed by atoms with Crippen molar-refractivity contribution in [2.24, 2.45) is 5.41 Å². The van der Waals surface area contributed by atoms with Gasteiger partial charge in [-0.25, -0.2) is 0 Å². The summed E-state index contributed by atoms with van der Waals surface area (Å²) in [5.74, 6) is 0.585. The zero-order valence-electron chi connectivity index (χ0n) is 13.9. The summed E-state index contributed by atoms with van der Waals surface area (Å²) in [6, 6.07) is 9.29. The first kappa shape index (κ1) is 16.5. The van der Waals surface area contributed by atoms with E-state index in [1.807, 2.05) is 0 Å². The topological polar surface area (TPSA) is 32.3 Å². The molecule has 1 saturated carbocycles. The highest BCUT2D eigenvalue weighted by molar-refractivity contribution is 5.26. The molecule has 1 aliphatic rings. The van der Waals surface area contributed by atoms with Crippen molar-refractivity contribution in [1.29, 1.82) is 0 Å². The van der Waals surface area contributed by atoms with Crippen LogP contribution in [-0.4, -0.2) is 18.3 Å². The molecule has 0 spiro atoms. The largest absolute Gasteiger partial charge is 0.396 e. The fourth-order valence-corrected chi connectivity index (χ4v) is 3.35. The van der Waals surface area contributed by atoms with Crippen LogP contribution in [0.4, 0.5) is 0 Å². The van der Waals surface area contributed by atoms with Crippen molar-refractivity contribution in [2.45, 2.75) is 64.8 Å². The third-order valence-electron chi connectivity index (χ3n) is 5.14. The molecule has 2 rings (SSSR count). The Balaban J connectivity index is 1.92. The molecule has 2 N–H and O–H groups in total. The van der Waals surface area contributed by atoms with Gasteiger partial charge in [-0.05, 0) is 36.8 Å². The molecule has 118 valence electrons. The lowest BCUT2D eigenvalue weighted by Gasteiger charge is -2.36. The first-order chi connectivity index (χ1) is 10.1. The van der Waals surface area contributed by atoms with Crippen LogP contribution in [0, 0.1) is 5.41 Å². The lowest BCUT2D eigenvalue weighted by molar-refractivity contribution is 0.0789. The van der Waals surface area contributed by atoms with Crippen molar-refractivity contribution in [1.82, 2.24) is 5.32 Å². The van der Waals surface area contributed by atoms with Gasteiger partial charge in [-0.2, -0.15) is 0 Å². The van der Waals surface area contributed by atoms with Crippen LogP contribution >= 0.6 is 0 Å². The van der Waals surface area contributed by atoms with Crippen molar-refractivity contribution < 1.29 is 5.11 Å². The number of nitrogens with one attached hydrogen (secondary N) is 1. The second-order valence-corrected chi connectivity index (χ2v) is 7.14. The van der Waals surface area contributed by atoms with Crippen LogP contribution in [0.5, 0.6) is 0 Å². The van der Waals surface area contributed by atoms with Crippen LogP contribution in [0.3, 0.4) is 0 Å². The molecule has 21 heavy (non-hydrogen) atoms. The molecular weight excluding hydrogens is 258 g/mol.